The minimum Gasteiger partial charge on any atom is -0.371 e. The average molecular weight is 231 g/mol. The van der Waals surface area contributed by atoms with E-state index in [0.717, 1.165) is 5.56 Å². The highest BCUT2D eigenvalue weighted by Gasteiger charge is 2.10. The number of aromatic nitrogens is 2. The standard InChI is InChI=1S/C13H14FN3/c1-9-12(14)13(15-2)17-11(16-9)8-10-6-4-3-5-7-10/h3-7H,8H2,1-2H3,(H,15,16,17). The third kappa shape index (κ3) is 2.58. The zero-order chi connectivity index (χ0) is 12.3. The lowest BCUT2D eigenvalue weighted by atomic mass is 10.1. The average Bonchev–Trinajstić information content (AvgIpc) is 2.35. The van der Waals surface area contributed by atoms with Crippen molar-refractivity contribution in [3.8, 4) is 0 Å². The van der Waals surface area contributed by atoms with Crippen LogP contribution in [0.25, 0.3) is 0 Å². The Bertz CT molecular complexity index is 512. The number of rotatable bonds is 3. The molecule has 0 spiro atoms. The van der Waals surface area contributed by atoms with E-state index < -0.39 is 0 Å². The summed E-state index contributed by atoms with van der Waals surface area (Å²) in [5.41, 5.74) is 1.48. The van der Waals surface area contributed by atoms with Crippen LogP contribution in [0.2, 0.25) is 0 Å². The Morgan fingerprint density at radius 3 is 2.53 bits per heavy atom. The highest BCUT2D eigenvalue weighted by Crippen LogP contribution is 2.15. The fourth-order valence-electron chi connectivity index (χ4n) is 1.64. The van der Waals surface area contributed by atoms with E-state index in [1.807, 2.05) is 30.3 Å². The zero-order valence-corrected chi connectivity index (χ0v) is 9.87. The molecule has 2 rings (SSSR count). The van der Waals surface area contributed by atoms with Gasteiger partial charge in [0.15, 0.2) is 11.6 Å². The molecule has 0 amide bonds. The van der Waals surface area contributed by atoms with Crippen LogP contribution in [0.1, 0.15) is 17.1 Å². The Balaban J connectivity index is 2.31. The number of halogens is 1. The SMILES string of the molecule is CNc1nc(Cc2ccccc2)nc(C)c1F. The minimum absolute atomic E-state index is 0.253. The number of aryl methyl sites for hydroxylation is 1. The van der Waals surface area contributed by atoms with Crippen LogP contribution in [0.15, 0.2) is 30.3 Å². The lowest BCUT2D eigenvalue weighted by Crippen LogP contribution is -2.06. The molecule has 0 radical (unpaired) electrons. The molecule has 0 atom stereocenters. The Morgan fingerprint density at radius 2 is 1.88 bits per heavy atom. The van der Waals surface area contributed by atoms with Crippen molar-refractivity contribution in [1.29, 1.82) is 0 Å². The van der Waals surface area contributed by atoms with Crippen LogP contribution in [0, 0.1) is 12.7 Å². The molecule has 0 aliphatic carbocycles. The van der Waals surface area contributed by atoms with Crippen LogP contribution < -0.4 is 5.32 Å². The van der Waals surface area contributed by atoms with Gasteiger partial charge in [-0.15, -0.1) is 0 Å². The van der Waals surface area contributed by atoms with Crippen molar-refractivity contribution in [2.45, 2.75) is 13.3 Å². The van der Waals surface area contributed by atoms with E-state index in [9.17, 15) is 4.39 Å². The van der Waals surface area contributed by atoms with Gasteiger partial charge < -0.3 is 5.32 Å². The van der Waals surface area contributed by atoms with Crippen molar-refractivity contribution in [1.82, 2.24) is 9.97 Å². The molecular weight excluding hydrogens is 217 g/mol. The number of benzene rings is 1. The maximum Gasteiger partial charge on any atom is 0.186 e. The molecule has 1 heterocycles. The Hall–Kier alpha value is -1.97. The molecule has 0 aliphatic heterocycles. The molecule has 1 N–H and O–H groups in total. The molecule has 1 aromatic heterocycles. The van der Waals surface area contributed by atoms with Crippen LogP contribution in [-0.2, 0) is 6.42 Å². The predicted octanol–water partition coefficient (Wildman–Crippen LogP) is 2.56. The number of nitrogens with one attached hydrogen (secondary N) is 1. The van der Waals surface area contributed by atoms with E-state index in [2.05, 4.69) is 15.3 Å². The normalized spacial score (nSPS) is 10.3. The number of nitrogens with zero attached hydrogens (tertiary/aromatic N) is 2. The van der Waals surface area contributed by atoms with Gasteiger partial charge in [0.25, 0.3) is 0 Å². The first-order valence-corrected chi connectivity index (χ1v) is 5.45. The van der Waals surface area contributed by atoms with Gasteiger partial charge in [0.2, 0.25) is 0 Å². The summed E-state index contributed by atoms with van der Waals surface area (Å²) in [5.74, 6) is 0.493. The number of hydrogen-bond acceptors (Lipinski definition) is 3. The van der Waals surface area contributed by atoms with E-state index in [1.54, 1.807) is 14.0 Å². The second-order valence-electron chi connectivity index (χ2n) is 3.80. The maximum absolute atomic E-state index is 13.5. The fraction of sp³-hybridized carbons (Fsp3) is 0.231. The second kappa shape index (κ2) is 4.91. The first kappa shape index (κ1) is 11.5. The Kier molecular flexibility index (Phi) is 3.32. The number of anilines is 1. The van der Waals surface area contributed by atoms with Crippen molar-refractivity contribution in [3.63, 3.8) is 0 Å². The van der Waals surface area contributed by atoms with Gasteiger partial charge in [0.1, 0.15) is 5.82 Å². The third-order valence-corrected chi connectivity index (χ3v) is 2.51. The maximum atomic E-state index is 13.5. The van der Waals surface area contributed by atoms with Crippen molar-refractivity contribution >= 4 is 5.82 Å². The van der Waals surface area contributed by atoms with Gasteiger partial charge in [0.05, 0.1) is 5.69 Å². The van der Waals surface area contributed by atoms with Crippen LogP contribution in [-0.4, -0.2) is 17.0 Å². The summed E-state index contributed by atoms with van der Waals surface area (Å²) in [5, 5.41) is 2.74. The molecule has 0 bridgehead atoms. The van der Waals surface area contributed by atoms with Gasteiger partial charge in [-0.2, -0.15) is 0 Å². The molecule has 0 saturated heterocycles. The predicted molar refractivity (Wildman–Crippen MR) is 65.5 cm³/mol. The molecule has 4 heteroatoms. The molecular formula is C13H14FN3. The molecule has 0 fully saturated rings. The quantitative estimate of drug-likeness (QED) is 0.882. The summed E-state index contributed by atoms with van der Waals surface area (Å²) < 4.78 is 13.5. The highest BCUT2D eigenvalue weighted by molar-refractivity contribution is 5.37. The van der Waals surface area contributed by atoms with Crippen LogP contribution in [0.5, 0.6) is 0 Å². The first-order chi connectivity index (χ1) is 8.20. The van der Waals surface area contributed by atoms with Crippen molar-refractivity contribution in [2.75, 3.05) is 12.4 Å². The van der Waals surface area contributed by atoms with Gasteiger partial charge in [-0.25, -0.2) is 14.4 Å². The van der Waals surface area contributed by atoms with Crippen LogP contribution in [0.3, 0.4) is 0 Å². The number of hydrogen-bond donors (Lipinski definition) is 1. The summed E-state index contributed by atoms with van der Waals surface area (Å²) in [7, 11) is 1.65. The topological polar surface area (TPSA) is 37.8 Å². The summed E-state index contributed by atoms with van der Waals surface area (Å²) >= 11 is 0. The Labute approximate surface area is 99.7 Å². The molecule has 17 heavy (non-hydrogen) atoms. The monoisotopic (exact) mass is 231 g/mol. The molecule has 88 valence electrons. The van der Waals surface area contributed by atoms with Gasteiger partial charge >= 0.3 is 0 Å². The van der Waals surface area contributed by atoms with E-state index in [0.29, 0.717) is 17.9 Å². The van der Waals surface area contributed by atoms with Gasteiger partial charge in [-0.3, -0.25) is 0 Å². The highest BCUT2D eigenvalue weighted by atomic mass is 19.1. The Morgan fingerprint density at radius 1 is 1.18 bits per heavy atom. The summed E-state index contributed by atoms with van der Waals surface area (Å²) in [6.07, 6.45) is 0.608. The van der Waals surface area contributed by atoms with E-state index in [4.69, 9.17) is 0 Å². The molecule has 2 aromatic rings. The second-order valence-corrected chi connectivity index (χ2v) is 3.80. The lowest BCUT2D eigenvalue weighted by molar-refractivity contribution is 0.602. The van der Waals surface area contributed by atoms with Crippen LogP contribution >= 0.6 is 0 Å². The van der Waals surface area contributed by atoms with Crippen molar-refractivity contribution < 1.29 is 4.39 Å². The largest absolute Gasteiger partial charge is 0.371 e. The summed E-state index contributed by atoms with van der Waals surface area (Å²) in [4.78, 5) is 8.30. The molecule has 1 aromatic carbocycles. The molecule has 3 nitrogen and oxygen atoms in total. The van der Waals surface area contributed by atoms with Gasteiger partial charge in [-0.05, 0) is 12.5 Å². The third-order valence-electron chi connectivity index (χ3n) is 2.51. The van der Waals surface area contributed by atoms with E-state index in [1.165, 1.54) is 0 Å². The first-order valence-electron chi connectivity index (χ1n) is 5.45. The minimum atomic E-state index is -0.385. The molecule has 0 unspecified atom stereocenters. The summed E-state index contributed by atoms with van der Waals surface area (Å²) in [6.45, 7) is 1.65. The van der Waals surface area contributed by atoms with E-state index in [-0.39, 0.29) is 11.6 Å². The zero-order valence-electron chi connectivity index (χ0n) is 9.87. The lowest BCUT2D eigenvalue weighted by Gasteiger charge is -2.07. The summed E-state index contributed by atoms with van der Waals surface area (Å²) in [6, 6.07) is 9.89. The van der Waals surface area contributed by atoms with Crippen molar-refractivity contribution in [3.05, 3.63) is 53.2 Å². The van der Waals surface area contributed by atoms with Crippen LogP contribution in [0.4, 0.5) is 10.2 Å². The van der Waals surface area contributed by atoms with E-state index >= 15 is 0 Å². The van der Waals surface area contributed by atoms with Gasteiger partial charge in [0, 0.05) is 13.5 Å². The molecule has 0 aliphatic rings. The van der Waals surface area contributed by atoms with Crippen molar-refractivity contribution in [2.24, 2.45) is 0 Å². The smallest absolute Gasteiger partial charge is 0.186 e. The molecule has 0 saturated carbocycles. The fourth-order valence-corrected chi connectivity index (χ4v) is 1.64. The van der Waals surface area contributed by atoms with Gasteiger partial charge in [-0.1, -0.05) is 30.3 Å².